The molecule has 2 fully saturated rings. The summed E-state index contributed by atoms with van der Waals surface area (Å²) in [5.41, 5.74) is 1.18. The van der Waals surface area contributed by atoms with Gasteiger partial charge in [-0.2, -0.15) is 13.2 Å². The van der Waals surface area contributed by atoms with E-state index < -0.39 is 17.6 Å². The minimum absolute atomic E-state index is 0.0446. The van der Waals surface area contributed by atoms with Crippen LogP contribution in [0.5, 0.6) is 5.88 Å². The van der Waals surface area contributed by atoms with Crippen LogP contribution in [0.15, 0.2) is 18.6 Å². The Balaban J connectivity index is 1.26. The molecule has 0 bridgehead atoms. The molecule has 3 aliphatic rings. The number of nitrogens with one attached hydrogen (secondary N) is 1. The summed E-state index contributed by atoms with van der Waals surface area (Å²) in [6, 6.07) is 1.12. The molecule has 38 heavy (non-hydrogen) atoms. The van der Waals surface area contributed by atoms with Gasteiger partial charge in [-0.05, 0) is 38.2 Å². The summed E-state index contributed by atoms with van der Waals surface area (Å²) in [6.07, 6.45) is 3.51. The van der Waals surface area contributed by atoms with Crippen LogP contribution in [-0.4, -0.2) is 71.8 Å². The van der Waals surface area contributed by atoms with Crippen LogP contribution in [-0.2, 0) is 28.7 Å². The zero-order valence-corrected chi connectivity index (χ0v) is 21.6. The smallest absolute Gasteiger partial charge is 0.421 e. The van der Waals surface area contributed by atoms with Gasteiger partial charge in [0.15, 0.2) is 0 Å². The Morgan fingerprint density at radius 1 is 1.08 bits per heavy atom. The predicted octanol–water partition coefficient (Wildman–Crippen LogP) is 3.68. The van der Waals surface area contributed by atoms with Crippen molar-refractivity contribution in [2.45, 2.75) is 63.4 Å². The second-order valence-electron chi connectivity index (χ2n) is 10.2. The molecule has 1 amide bonds. The topological polar surface area (TPSA) is 92.7 Å². The summed E-state index contributed by atoms with van der Waals surface area (Å²) >= 11 is 0. The van der Waals surface area contributed by atoms with Crippen LogP contribution >= 0.6 is 0 Å². The molecule has 2 aromatic rings. The lowest BCUT2D eigenvalue weighted by Gasteiger charge is -2.32. The first-order chi connectivity index (χ1) is 18.3. The number of fused-ring (bicyclic) bond motifs is 1. The van der Waals surface area contributed by atoms with Crippen LogP contribution in [0.3, 0.4) is 0 Å². The number of likely N-dealkylation sites (tertiary alicyclic amines) is 1. The number of carbonyl (C=O) groups is 1. The number of anilines is 2. The van der Waals surface area contributed by atoms with Crippen LogP contribution in [0.2, 0.25) is 0 Å². The van der Waals surface area contributed by atoms with Crippen LogP contribution < -0.4 is 15.0 Å². The number of hydrogen-bond donors (Lipinski definition) is 1. The minimum Gasteiger partial charge on any atom is -0.481 e. The molecular formula is C26H33F3N6O3. The number of pyridine rings is 1. The number of rotatable bonds is 6. The first kappa shape index (κ1) is 26.5. The molecule has 206 valence electrons. The maximum Gasteiger partial charge on any atom is 0.421 e. The van der Waals surface area contributed by atoms with Crippen molar-refractivity contribution in [2.75, 3.05) is 44.1 Å². The molecule has 2 aromatic heterocycles. The summed E-state index contributed by atoms with van der Waals surface area (Å²) in [5, 5.41) is 3.49. The van der Waals surface area contributed by atoms with Gasteiger partial charge in [-0.15, -0.1) is 0 Å². The van der Waals surface area contributed by atoms with E-state index in [1.54, 1.807) is 7.11 Å². The highest BCUT2D eigenvalue weighted by Crippen LogP contribution is 2.38. The number of methoxy groups -OCH3 is 2. The van der Waals surface area contributed by atoms with E-state index in [1.807, 2.05) is 9.80 Å². The second-order valence-corrected chi connectivity index (χ2v) is 10.2. The first-order valence-electron chi connectivity index (χ1n) is 13.0. The van der Waals surface area contributed by atoms with E-state index in [2.05, 4.69) is 20.3 Å². The fraction of sp³-hybridized carbons (Fsp3) is 0.615. The predicted molar refractivity (Wildman–Crippen MR) is 134 cm³/mol. The van der Waals surface area contributed by atoms with Gasteiger partial charge in [0, 0.05) is 57.2 Å². The number of nitrogens with zero attached hydrogens (tertiary/aromatic N) is 5. The SMILES string of the molecule is COc1ncc(N2CCc3ncnc(N[C@H]4CCN(C(=O)[C@H]5CC[C@@H](OC)CC5)C4)c3C2)cc1C(F)(F)F. The monoisotopic (exact) mass is 534 g/mol. The largest absolute Gasteiger partial charge is 0.481 e. The van der Waals surface area contributed by atoms with E-state index in [1.165, 1.54) is 19.6 Å². The molecular weight excluding hydrogens is 501 g/mol. The molecule has 1 saturated carbocycles. The lowest BCUT2D eigenvalue weighted by Crippen LogP contribution is -2.38. The number of alkyl halides is 3. The fourth-order valence-corrected chi connectivity index (χ4v) is 5.74. The third-order valence-electron chi connectivity index (χ3n) is 7.90. The molecule has 0 spiro atoms. The van der Waals surface area contributed by atoms with Crippen molar-refractivity contribution in [3.05, 3.63) is 35.4 Å². The minimum atomic E-state index is -4.58. The molecule has 12 heteroatoms. The molecule has 1 aliphatic carbocycles. The van der Waals surface area contributed by atoms with Crippen LogP contribution in [0.25, 0.3) is 0 Å². The number of aromatic nitrogens is 3. The Labute approximate surface area is 219 Å². The highest BCUT2D eigenvalue weighted by molar-refractivity contribution is 5.79. The molecule has 0 unspecified atom stereocenters. The van der Waals surface area contributed by atoms with E-state index in [0.29, 0.717) is 44.1 Å². The summed E-state index contributed by atoms with van der Waals surface area (Å²) < 4.78 is 50.9. The van der Waals surface area contributed by atoms with E-state index in [-0.39, 0.29) is 24.0 Å². The van der Waals surface area contributed by atoms with Crippen molar-refractivity contribution < 1.29 is 27.4 Å². The van der Waals surface area contributed by atoms with Gasteiger partial charge in [-0.1, -0.05) is 0 Å². The van der Waals surface area contributed by atoms with Crippen molar-refractivity contribution in [3.8, 4) is 5.88 Å². The zero-order valence-electron chi connectivity index (χ0n) is 21.6. The molecule has 9 nitrogen and oxygen atoms in total. The normalized spacial score (nSPS) is 23.8. The lowest BCUT2D eigenvalue weighted by atomic mass is 9.86. The van der Waals surface area contributed by atoms with Crippen molar-refractivity contribution in [3.63, 3.8) is 0 Å². The highest BCUT2D eigenvalue weighted by atomic mass is 19.4. The number of ether oxygens (including phenoxy) is 2. The molecule has 5 rings (SSSR count). The first-order valence-corrected chi connectivity index (χ1v) is 13.0. The Kier molecular flexibility index (Phi) is 7.60. The van der Waals surface area contributed by atoms with E-state index >= 15 is 0 Å². The average molecular weight is 535 g/mol. The Bertz CT molecular complexity index is 1160. The fourth-order valence-electron chi connectivity index (χ4n) is 5.74. The van der Waals surface area contributed by atoms with Crippen molar-refractivity contribution in [1.29, 1.82) is 0 Å². The van der Waals surface area contributed by atoms with Gasteiger partial charge in [0.25, 0.3) is 0 Å². The second kappa shape index (κ2) is 10.9. The number of halogens is 3. The van der Waals surface area contributed by atoms with E-state index in [4.69, 9.17) is 9.47 Å². The number of carbonyl (C=O) groups excluding carboxylic acids is 1. The maximum atomic E-state index is 13.6. The summed E-state index contributed by atoms with van der Waals surface area (Å²) in [6.45, 7) is 2.15. The van der Waals surface area contributed by atoms with Gasteiger partial charge in [0.2, 0.25) is 11.8 Å². The maximum absolute atomic E-state index is 13.6. The van der Waals surface area contributed by atoms with Crippen LogP contribution in [0.1, 0.15) is 48.9 Å². The molecule has 1 atom stereocenters. The third-order valence-corrected chi connectivity index (χ3v) is 7.90. The third kappa shape index (κ3) is 5.50. The number of hydrogen-bond acceptors (Lipinski definition) is 8. The Morgan fingerprint density at radius 2 is 1.87 bits per heavy atom. The Morgan fingerprint density at radius 3 is 2.58 bits per heavy atom. The zero-order chi connectivity index (χ0) is 26.9. The molecule has 0 aromatic carbocycles. The molecule has 2 aliphatic heterocycles. The molecule has 0 radical (unpaired) electrons. The lowest BCUT2D eigenvalue weighted by molar-refractivity contribution is -0.139. The summed E-state index contributed by atoms with van der Waals surface area (Å²) in [4.78, 5) is 29.7. The van der Waals surface area contributed by atoms with Crippen molar-refractivity contribution in [1.82, 2.24) is 19.9 Å². The van der Waals surface area contributed by atoms with E-state index in [9.17, 15) is 18.0 Å². The Hall–Kier alpha value is -3.15. The molecule has 4 heterocycles. The highest BCUT2D eigenvalue weighted by Gasteiger charge is 2.37. The van der Waals surface area contributed by atoms with Gasteiger partial charge < -0.3 is 24.6 Å². The van der Waals surface area contributed by atoms with Gasteiger partial charge in [0.1, 0.15) is 17.7 Å². The average Bonchev–Trinajstić information content (AvgIpc) is 3.40. The van der Waals surface area contributed by atoms with Gasteiger partial charge >= 0.3 is 6.18 Å². The standard InChI is InChI=1S/C26H33F3N6O3/c1-37-19-5-3-16(4-6-19)25(36)35-9-7-17(13-35)33-23-20-14-34(10-8-22(20)31-15-32-23)18-11-21(26(27,28)29)24(38-2)30-12-18/h11-12,15-17,19H,3-10,13-14H2,1-2H3,(H,31,32,33)/t16-,17-,19+/m0/s1. The van der Waals surface area contributed by atoms with Crippen molar-refractivity contribution >= 4 is 17.4 Å². The summed E-state index contributed by atoms with van der Waals surface area (Å²) in [5.74, 6) is 0.487. The van der Waals surface area contributed by atoms with Crippen LogP contribution in [0, 0.1) is 5.92 Å². The van der Waals surface area contributed by atoms with Crippen molar-refractivity contribution in [2.24, 2.45) is 5.92 Å². The van der Waals surface area contributed by atoms with Gasteiger partial charge in [-0.25, -0.2) is 15.0 Å². The van der Waals surface area contributed by atoms with Gasteiger partial charge in [-0.3, -0.25) is 4.79 Å². The quantitative estimate of drug-likeness (QED) is 0.600. The summed E-state index contributed by atoms with van der Waals surface area (Å²) in [7, 11) is 2.90. The van der Waals surface area contributed by atoms with Gasteiger partial charge in [0.05, 0.1) is 30.8 Å². The van der Waals surface area contributed by atoms with Crippen LogP contribution in [0.4, 0.5) is 24.7 Å². The molecule has 1 saturated heterocycles. The number of amides is 1. The molecule has 1 N–H and O–H groups in total. The van der Waals surface area contributed by atoms with E-state index in [0.717, 1.165) is 49.4 Å².